The Morgan fingerprint density at radius 2 is 1.89 bits per heavy atom. The van der Waals surface area contributed by atoms with Crippen LogP contribution in [0.1, 0.15) is 23.0 Å². The van der Waals surface area contributed by atoms with Gasteiger partial charge in [-0.1, -0.05) is 0 Å². The predicted molar refractivity (Wildman–Crippen MR) is 107 cm³/mol. The lowest BCUT2D eigenvalue weighted by Gasteiger charge is -2.22. The van der Waals surface area contributed by atoms with Gasteiger partial charge in [-0.2, -0.15) is 5.10 Å². The first-order chi connectivity index (χ1) is 13.2. The standard InChI is InChI=1S/C19H21FN4O3S/c1-5-23(28(4,26)27)17-11-16-15(10-12(17)2)18(19(25)21-3)24(22-16)14-8-6-13(20)7-9-14/h6-11H,5H2,1-4H3,(H,21,25). The van der Waals surface area contributed by atoms with Crippen LogP contribution in [0.15, 0.2) is 36.4 Å². The number of hydrogen-bond donors (Lipinski definition) is 1. The van der Waals surface area contributed by atoms with Gasteiger partial charge in [0.25, 0.3) is 5.91 Å². The second-order valence-corrected chi connectivity index (χ2v) is 8.31. The number of rotatable bonds is 5. The van der Waals surface area contributed by atoms with E-state index in [1.807, 2.05) is 0 Å². The molecule has 1 heterocycles. The summed E-state index contributed by atoms with van der Waals surface area (Å²) in [7, 11) is -1.95. The second-order valence-electron chi connectivity index (χ2n) is 6.40. The van der Waals surface area contributed by atoms with Crippen LogP contribution in [0.25, 0.3) is 16.6 Å². The Morgan fingerprint density at radius 3 is 2.43 bits per heavy atom. The molecule has 3 rings (SSSR count). The van der Waals surface area contributed by atoms with Gasteiger partial charge in [0.1, 0.15) is 11.5 Å². The molecule has 0 bridgehead atoms. The number of aromatic nitrogens is 2. The van der Waals surface area contributed by atoms with E-state index in [0.29, 0.717) is 33.5 Å². The fourth-order valence-electron chi connectivity index (χ4n) is 3.19. The van der Waals surface area contributed by atoms with Gasteiger partial charge in [0.05, 0.1) is 23.1 Å². The molecule has 1 aromatic heterocycles. The minimum Gasteiger partial charge on any atom is -0.354 e. The van der Waals surface area contributed by atoms with Crippen LogP contribution >= 0.6 is 0 Å². The molecular weight excluding hydrogens is 383 g/mol. The number of fused-ring (bicyclic) bond motifs is 1. The lowest BCUT2D eigenvalue weighted by Crippen LogP contribution is -2.30. The maximum absolute atomic E-state index is 13.3. The molecule has 1 N–H and O–H groups in total. The predicted octanol–water partition coefficient (Wildman–Crippen LogP) is 2.62. The molecule has 1 amide bonds. The first kappa shape index (κ1) is 19.8. The van der Waals surface area contributed by atoms with E-state index in [0.717, 1.165) is 6.26 Å². The average molecular weight is 404 g/mol. The van der Waals surface area contributed by atoms with E-state index in [2.05, 4.69) is 10.4 Å². The smallest absolute Gasteiger partial charge is 0.270 e. The highest BCUT2D eigenvalue weighted by Gasteiger charge is 2.23. The fraction of sp³-hybridized carbons (Fsp3) is 0.263. The summed E-state index contributed by atoms with van der Waals surface area (Å²) in [6.45, 7) is 3.80. The molecular formula is C19H21FN4O3S. The molecule has 9 heteroatoms. The highest BCUT2D eigenvalue weighted by atomic mass is 32.2. The van der Waals surface area contributed by atoms with Crippen LogP contribution in [-0.4, -0.2) is 44.0 Å². The SMILES string of the molecule is CCN(c1cc2nn(-c3ccc(F)cc3)c(C(=O)NC)c2cc1C)S(C)(=O)=O. The molecule has 0 aliphatic rings. The molecule has 7 nitrogen and oxygen atoms in total. The van der Waals surface area contributed by atoms with Crippen LogP contribution in [0.4, 0.5) is 10.1 Å². The number of carbonyl (C=O) groups excluding carboxylic acids is 1. The number of amides is 1. The zero-order valence-corrected chi connectivity index (χ0v) is 16.8. The van der Waals surface area contributed by atoms with Gasteiger partial charge in [0.15, 0.2) is 0 Å². The van der Waals surface area contributed by atoms with E-state index < -0.39 is 15.8 Å². The first-order valence-corrected chi connectivity index (χ1v) is 10.5. The average Bonchev–Trinajstić information content (AvgIpc) is 2.99. The van der Waals surface area contributed by atoms with Crippen molar-refractivity contribution in [3.05, 3.63) is 53.5 Å². The zero-order valence-electron chi connectivity index (χ0n) is 16.0. The number of sulfonamides is 1. The van der Waals surface area contributed by atoms with E-state index in [9.17, 15) is 17.6 Å². The minimum absolute atomic E-state index is 0.270. The Morgan fingerprint density at radius 1 is 1.25 bits per heavy atom. The Bertz CT molecular complexity index is 1150. The minimum atomic E-state index is -3.46. The molecule has 0 atom stereocenters. The largest absolute Gasteiger partial charge is 0.354 e. The van der Waals surface area contributed by atoms with E-state index in [-0.39, 0.29) is 12.5 Å². The number of aryl methyl sites for hydroxylation is 1. The molecule has 0 saturated carbocycles. The van der Waals surface area contributed by atoms with Gasteiger partial charge in [-0.15, -0.1) is 0 Å². The van der Waals surface area contributed by atoms with Crippen molar-refractivity contribution in [2.75, 3.05) is 24.2 Å². The summed E-state index contributed by atoms with van der Waals surface area (Å²) in [5.74, 6) is -0.749. The molecule has 0 aliphatic carbocycles. The lowest BCUT2D eigenvalue weighted by molar-refractivity contribution is 0.0957. The molecule has 0 saturated heterocycles. The Balaban J connectivity index is 2.31. The quantitative estimate of drug-likeness (QED) is 0.709. The van der Waals surface area contributed by atoms with Crippen molar-refractivity contribution in [1.82, 2.24) is 15.1 Å². The third-order valence-corrected chi connectivity index (χ3v) is 5.71. The van der Waals surface area contributed by atoms with Gasteiger partial charge in [0.2, 0.25) is 10.0 Å². The molecule has 28 heavy (non-hydrogen) atoms. The first-order valence-electron chi connectivity index (χ1n) is 8.66. The third-order valence-electron chi connectivity index (χ3n) is 4.46. The van der Waals surface area contributed by atoms with Crippen LogP contribution in [0, 0.1) is 12.7 Å². The van der Waals surface area contributed by atoms with Crippen LogP contribution in [-0.2, 0) is 10.0 Å². The molecule has 2 aromatic carbocycles. The van der Waals surface area contributed by atoms with Gasteiger partial charge in [-0.05, 0) is 55.8 Å². The van der Waals surface area contributed by atoms with Gasteiger partial charge >= 0.3 is 0 Å². The summed E-state index contributed by atoms with van der Waals surface area (Å²) in [5.41, 5.74) is 2.48. The summed E-state index contributed by atoms with van der Waals surface area (Å²) >= 11 is 0. The van der Waals surface area contributed by atoms with Gasteiger partial charge in [-0.3, -0.25) is 9.10 Å². The zero-order chi connectivity index (χ0) is 20.6. The third kappa shape index (κ3) is 3.45. The van der Waals surface area contributed by atoms with Crippen molar-refractivity contribution in [3.8, 4) is 5.69 Å². The molecule has 148 valence electrons. The van der Waals surface area contributed by atoms with Crippen LogP contribution < -0.4 is 9.62 Å². The monoisotopic (exact) mass is 404 g/mol. The lowest BCUT2D eigenvalue weighted by atomic mass is 10.1. The number of nitrogens with zero attached hydrogens (tertiary/aromatic N) is 3. The Kier molecular flexibility index (Phi) is 5.12. The van der Waals surface area contributed by atoms with Crippen molar-refractivity contribution in [1.29, 1.82) is 0 Å². The van der Waals surface area contributed by atoms with Crippen molar-refractivity contribution in [2.24, 2.45) is 0 Å². The molecule has 0 fully saturated rings. The summed E-state index contributed by atoms with van der Waals surface area (Å²) in [6.07, 6.45) is 1.15. The maximum atomic E-state index is 13.3. The summed E-state index contributed by atoms with van der Waals surface area (Å²) in [6, 6.07) is 9.02. The molecule has 0 radical (unpaired) electrons. The maximum Gasteiger partial charge on any atom is 0.270 e. The van der Waals surface area contributed by atoms with Gasteiger partial charge in [0, 0.05) is 19.0 Å². The topological polar surface area (TPSA) is 84.3 Å². The molecule has 0 spiro atoms. The molecule has 3 aromatic rings. The number of carbonyl (C=O) groups is 1. The normalized spacial score (nSPS) is 11.6. The van der Waals surface area contributed by atoms with Crippen LogP contribution in [0.3, 0.4) is 0 Å². The summed E-state index contributed by atoms with van der Waals surface area (Å²) < 4.78 is 40.3. The molecule has 0 unspecified atom stereocenters. The Labute approximate surface area is 162 Å². The van der Waals surface area contributed by atoms with E-state index in [4.69, 9.17) is 0 Å². The summed E-state index contributed by atoms with van der Waals surface area (Å²) in [5, 5.41) is 7.67. The van der Waals surface area contributed by atoms with Crippen LogP contribution in [0.2, 0.25) is 0 Å². The number of nitrogens with one attached hydrogen (secondary N) is 1. The molecule has 0 aliphatic heterocycles. The number of benzene rings is 2. The number of halogens is 1. The summed E-state index contributed by atoms with van der Waals surface area (Å²) in [4.78, 5) is 12.5. The van der Waals surface area contributed by atoms with E-state index in [1.54, 1.807) is 26.0 Å². The number of anilines is 1. The van der Waals surface area contributed by atoms with Crippen molar-refractivity contribution in [3.63, 3.8) is 0 Å². The number of hydrogen-bond acceptors (Lipinski definition) is 4. The highest BCUT2D eigenvalue weighted by molar-refractivity contribution is 7.92. The van der Waals surface area contributed by atoms with Crippen LogP contribution in [0.5, 0.6) is 0 Å². The Hall–Kier alpha value is -2.94. The fourth-order valence-corrected chi connectivity index (χ4v) is 4.21. The van der Waals surface area contributed by atoms with Gasteiger partial charge < -0.3 is 5.32 Å². The van der Waals surface area contributed by atoms with E-state index >= 15 is 0 Å². The van der Waals surface area contributed by atoms with Gasteiger partial charge in [-0.25, -0.2) is 17.5 Å². The van der Waals surface area contributed by atoms with Crippen molar-refractivity contribution in [2.45, 2.75) is 13.8 Å². The highest BCUT2D eigenvalue weighted by Crippen LogP contribution is 2.31. The van der Waals surface area contributed by atoms with E-state index in [1.165, 1.54) is 40.3 Å². The second kappa shape index (κ2) is 7.23. The van der Waals surface area contributed by atoms with Crippen molar-refractivity contribution >= 4 is 32.5 Å². The van der Waals surface area contributed by atoms with Crippen molar-refractivity contribution < 1.29 is 17.6 Å².